The van der Waals surface area contributed by atoms with Gasteiger partial charge in [-0.1, -0.05) is 42.5 Å². The zero-order valence-corrected chi connectivity index (χ0v) is 9.01. The third-order valence-electron chi connectivity index (χ3n) is 2.34. The van der Waals surface area contributed by atoms with Crippen molar-refractivity contribution >= 4 is 17.6 Å². The highest BCUT2D eigenvalue weighted by molar-refractivity contribution is 5.72. The van der Waals surface area contributed by atoms with E-state index in [4.69, 9.17) is 5.73 Å². The Morgan fingerprint density at radius 1 is 0.938 bits per heavy atom. The van der Waals surface area contributed by atoms with Gasteiger partial charge in [-0.2, -0.15) is 0 Å². The molecule has 0 heterocycles. The lowest BCUT2D eigenvalue weighted by Gasteiger charge is -1.98. The number of nitrogens with zero attached hydrogens (tertiary/aromatic N) is 1. The summed E-state index contributed by atoms with van der Waals surface area (Å²) in [6.07, 6.45) is 2.72. The lowest BCUT2D eigenvalue weighted by Crippen LogP contribution is -1.87. The van der Waals surface area contributed by atoms with Crippen molar-refractivity contribution in [3.8, 4) is 0 Å². The second-order valence-corrected chi connectivity index (χ2v) is 3.56. The number of para-hydroxylation sites is 2. The van der Waals surface area contributed by atoms with Crippen molar-refractivity contribution in [3.63, 3.8) is 0 Å². The van der Waals surface area contributed by atoms with Crippen molar-refractivity contribution in [2.75, 3.05) is 5.73 Å². The van der Waals surface area contributed by atoms with Crippen LogP contribution in [0.1, 0.15) is 5.56 Å². The molecule has 2 aromatic carbocycles. The number of nitrogen functional groups attached to an aromatic ring is 1. The van der Waals surface area contributed by atoms with Gasteiger partial charge < -0.3 is 5.73 Å². The largest absolute Gasteiger partial charge is 0.397 e. The van der Waals surface area contributed by atoms with Crippen LogP contribution in [-0.4, -0.2) is 6.21 Å². The van der Waals surface area contributed by atoms with Crippen molar-refractivity contribution in [1.29, 1.82) is 0 Å². The number of nitrogens with two attached hydrogens (primary N) is 1. The summed E-state index contributed by atoms with van der Waals surface area (Å²) in [6, 6.07) is 17.8. The maximum absolute atomic E-state index is 5.79. The van der Waals surface area contributed by atoms with Crippen LogP contribution in [0.5, 0.6) is 0 Å². The van der Waals surface area contributed by atoms with Gasteiger partial charge in [-0.25, -0.2) is 0 Å². The first-order valence-corrected chi connectivity index (χ1v) is 5.27. The molecule has 0 fully saturated rings. The first-order valence-electron chi connectivity index (χ1n) is 5.27. The Balaban J connectivity index is 2.03. The highest BCUT2D eigenvalue weighted by Gasteiger charge is 1.92. The molecule has 2 rings (SSSR count). The summed E-state index contributed by atoms with van der Waals surface area (Å²) in [5, 5.41) is 0. The minimum atomic E-state index is 0.715. The zero-order chi connectivity index (χ0) is 11.2. The molecule has 2 N–H and O–H groups in total. The number of anilines is 1. The van der Waals surface area contributed by atoms with E-state index in [-0.39, 0.29) is 0 Å². The number of benzene rings is 2. The summed E-state index contributed by atoms with van der Waals surface area (Å²) in [5.74, 6) is 0. The first kappa shape index (κ1) is 10.4. The summed E-state index contributed by atoms with van der Waals surface area (Å²) in [5.41, 5.74) is 8.58. The Morgan fingerprint density at radius 3 is 2.38 bits per heavy atom. The molecule has 2 heteroatoms. The molecule has 0 amide bonds. The molecule has 80 valence electrons. The van der Waals surface area contributed by atoms with Gasteiger partial charge in [-0.15, -0.1) is 0 Å². The Labute approximate surface area is 95.5 Å². The summed E-state index contributed by atoms with van der Waals surface area (Å²) < 4.78 is 0. The predicted octanol–water partition coefficient (Wildman–Crippen LogP) is 3.21. The predicted molar refractivity (Wildman–Crippen MR) is 69.2 cm³/mol. The molecule has 2 aromatic rings. The van der Waals surface area contributed by atoms with Crippen LogP contribution < -0.4 is 5.73 Å². The molecule has 0 spiro atoms. The summed E-state index contributed by atoms with van der Waals surface area (Å²) in [7, 11) is 0. The van der Waals surface area contributed by atoms with Crippen molar-refractivity contribution in [2.45, 2.75) is 6.42 Å². The standard InChI is InChI=1S/C14H14N2/c15-13-8-4-5-9-14(13)16-11-10-12-6-2-1-3-7-12/h1-9,11H,10,15H2. The van der Waals surface area contributed by atoms with E-state index in [0.29, 0.717) is 5.69 Å². The van der Waals surface area contributed by atoms with Gasteiger partial charge in [0.2, 0.25) is 0 Å². The number of rotatable bonds is 3. The van der Waals surface area contributed by atoms with Gasteiger partial charge in [0.25, 0.3) is 0 Å². The maximum atomic E-state index is 5.79. The molecule has 0 unspecified atom stereocenters. The highest BCUT2D eigenvalue weighted by atomic mass is 14.8. The minimum absolute atomic E-state index is 0.715. The third kappa shape index (κ3) is 2.70. The average molecular weight is 210 g/mol. The lowest BCUT2D eigenvalue weighted by molar-refractivity contribution is 1.34. The van der Waals surface area contributed by atoms with Crippen LogP contribution in [0, 0.1) is 0 Å². The zero-order valence-electron chi connectivity index (χ0n) is 9.01. The van der Waals surface area contributed by atoms with E-state index >= 15 is 0 Å². The van der Waals surface area contributed by atoms with E-state index in [1.54, 1.807) is 0 Å². The Hall–Kier alpha value is -2.09. The monoisotopic (exact) mass is 210 g/mol. The molecule has 0 aliphatic rings. The molecular weight excluding hydrogens is 196 g/mol. The van der Waals surface area contributed by atoms with Gasteiger partial charge >= 0.3 is 0 Å². The molecule has 16 heavy (non-hydrogen) atoms. The highest BCUT2D eigenvalue weighted by Crippen LogP contribution is 2.19. The van der Waals surface area contributed by atoms with Crippen molar-refractivity contribution in [3.05, 3.63) is 60.2 Å². The number of aliphatic imine (C=N–C) groups is 1. The molecule has 0 saturated carbocycles. The second-order valence-electron chi connectivity index (χ2n) is 3.56. The van der Waals surface area contributed by atoms with Crippen LogP contribution >= 0.6 is 0 Å². The van der Waals surface area contributed by atoms with E-state index in [9.17, 15) is 0 Å². The van der Waals surface area contributed by atoms with Crippen LogP contribution in [-0.2, 0) is 6.42 Å². The number of hydrogen-bond donors (Lipinski definition) is 1. The minimum Gasteiger partial charge on any atom is -0.397 e. The fourth-order valence-corrected chi connectivity index (χ4v) is 1.47. The van der Waals surface area contributed by atoms with Crippen molar-refractivity contribution in [1.82, 2.24) is 0 Å². The van der Waals surface area contributed by atoms with E-state index in [1.807, 2.05) is 48.7 Å². The molecular formula is C14H14N2. The van der Waals surface area contributed by atoms with Gasteiger partial charge in [-0.3, -0.25) is 4.99 Å². The maximum Gasteiger partial charge on any atom is 0.0855 e. The second kappa shape index (κ2) is 5.12. The van der Waals surface area contributed by atoms with Crippen molar-refractivity contribution < 1.29 is 0 Å². The summed E-state index contributed by atoms with van der Waals surface area (Å²) in [6.45, 7) is 0. The fraction of sp³-hybridized carbons (Fsp3) is 0.0714. The van der Waals surface area contributed by atoms with Crippen LogP contribution in [0.3, 0.4) is 0 Å². The Bertz CT molecular complexity index is 475. The fourth-order valence-electron chi connectivity index (χ4n) is 1.47. The molecule has 2 nitrogen and oxygen atoms in total. The quantitative estimate of drug-likeness (QED) is 0.613. The topological polar surface area (TPSA) is 38.4 Å². The molecule has 0 bridgehead atoms. The molecule has 0 radical (unpaired) electrons. The van der Waals surface area contributed by atoms with Crippen LogP contribution in [0.25, 0.3) is 0 Å². The molecule has 0 saturated heterocycles. The SMILES string of the molecule is Nc1ccccc1N=CCc1ccccc1. The third-order valence-corrected chi connectivity index (χ3v) is 2.34. The molecule has 0 aliphatic carbocycles. The van der Waals surface area contributed by atoms with Gasteiger partial charge in [0.1, 0.15) is 0 Å². The van der Waals surface area contributed by atoms with E-state index < -0.39 is 0 Å². The average Bonchev–Trinajstić information content (AvgIpc) is 2.33. The smallest absolute Gasteiger partial charge is 0.0855 e. The number of hydrogen-bond acceptors (Lipinski definition) is 2. The van der Waals surface area contributed by atoms with Crippen LogP contribution in [0.15, 0.2) is 59.6 Å². The van der Waals surface area contributed by atoms with Crippen LogP contribution in [0.4, 0.5) is 11.4 Å². The molecule has 0 atom stereocenters. The first-order chi connectivity index (χ1) is 7.86. The summed E-state index contributed by atoms with van der Waals surface area (Å²) >= 11 is 0. The van der Waals surface area contributed by atoms with E-state index in [1.165, 1.54) is 5.56 Å². The van der Waals surface area contributed by atoms with E-state index in [0.717, 1.165) is 12.1 Å². The Morgan fingerprint density at radius 2 is 1.62 bits per heavy atom. The van der Waals surface area contributed by atoms with E-state index in [2.05, 4.69) is 17.1 Å². The van der Waals surface area contributed by atoms with Gasteiger partial charge in [-0.05, 0) is 17.7 Å². The van der Waals surface area contributed by atoms with Crippen LogP contribution in [0.2, 0.25) is 0 Å². The lowest BCUT2D eigenvalue weighted by atomic mass is 10.2. The summed E-state index contributed by atoms with van der Waals surface area (Å²) in [4.78, 5) is 4.35. The van der Waals surface area contributed by atoms with Crippen molar-refractivity contribution in [2.24, 2.45) is 4.99 Å². The molecule has 0 aromatic heterocycles. The van der Waals surface area contributed by atoms with Gasteiger partial charge in [0.15, 0.2) is 0 Å². The molecule has 0 aliphatic heterocycles. The Kier molecular flexibility index (Phi) is 3.34. The van der Waals surface area contributed by atoms with Gasteiger partial charge in [0, 0.05) is 12.6 Å². The van der Waals surface area contributed by atoms with Gasteiger partial charge in [0.05, 0.1) is 11.4 Å². The normalized spacial score (nSPS) is 10.8.